The molecule has 2 aromatic rings. The number of aromatic nitrogens is 2. The summed E-state index contributed by atoms with van der Waals surface area (Å²) in [6.45, 7) is 0.0326. The smallest absolute Gasteiger partial charge is 0.322 e. The molecule has 0 aliphatic carbocycles. The van der Waals surface area contributed by atoms with Crippen LogP contribution in [0, 0.1) is 0 Å². The Morgan fingerprint density at radius 1 is 1.05 bits per heavy atom. The van der Waals surface area contributed by atoms with Gasteiger partial charge in [0.15, 0.2) is 5.75 Å². The van der Waals surface area contributed by atoms with Gasteiger partial charge in [0.05, 0.1) is 0 Å². The summed E-state index contributed by atoms with van der Waals surface area (Å²) in [4.78, 5) is 18.8. The molecule has 0 atom stereocenters. The molecule has 20 heavy (non-hydrogen) atoms. The number of nitrogens with zero attached hydrogens (tertiary/aromatic N) is 2. The molecule has 0 saturated heterocycles. The van der Waals surface area contributed by atoms with Gasteiger partial charge in [-0.3, -0.25) is 4.79 Å². The van der Waals surface area contributed by atoms with Gasteiger partial charge in [0.25, 0.3) is 0 Å². The highest BCUT2D eigenvalue weighted by Gasteiger charge is 2.22. The van der Waals surface area contributed by atoms with E-state index in [2.05, 4.69) is 9.97 Å². The number of carbonyl (C=O) groups is 1. The van der Waals surface area contributed by atoms with Crippen molar-refractivity contribution in [3.63, 3.8) is 0 Å². The quantitative estimate of drug-likeness (QED) is 0.603. The monoisotopic (exact) mass is 292 g/mol. The van der Waals surface area contributed by atoms with E-state index in [1.807, 2.05) is 6.07 Å². The average Bonchev–Trinajstić information content (AvgIpc) is 2.47. The number of sulfone groups is 1. The summed E-state index contributed by atoms with van der Waals surface area (Å²) in [5, 5.41) is -0.378. The number of esters is 1. The molecule has 0 aliphatic rings. The van der Waals surface area contributed by atoms with Crippen molar-refractivity contribution in [1.29, 1.82) is 0 Å². The molecule has 0 unspecified atom stereocenters. The van der Waals surface area contributed by atoms with Crippen LogP contribution in [-0.2, 0) is 26.0 Å². The van der Waals surface area contributed by atoms with Crippen LogP contribution in [0.1, 0.15) is 5.56 Å². The lowest BCUT2D eigenvalue weighted by Gasteiger charge is -2.05. The summed E-state index contributed by atoms with van der Waals surface area (Å²) in [6.07, 6.45) is 2.60. The van der Waals surface area contributed by atoms with Gasteiger partial charge < -0.3 is 4.74 Å². The molecule has 0 bridgehead atoms. The van der Waals surface area contributed by atoms with Crippen LogP contribution in [0.25, 0.3) is 0 Å². The minimum atomic E-state index is -3.86. The van der Waals surface area contributed by atoms with Crippen LogP contribution in [0.2, 0.25) is 0 Å². The van der Waals surface area contributed by atoms with E-state index in [4.69, 9.17) is 4.74 Å². The minimum Gasteiger partial charge on any atom is -0.460 e. The molecular formula is C13H12N2O4S. The molecule has 2 rings (SSSR count). The molecule has 1 heterocycles. The highest BCUT2D eigenvalue weighted by atomic mass is 32.2. The molecule has 0 aliphatic heterocycles. The third kappa shape index (κ3) is 3.86. The molecule has 0 spiro atoms. The van der Waals surface area contributed by atoms with Gasteiger partial charge in [-0.2, -0.15) is 0 Å². The molecule has 0 N–H and O–H groups in total. The summed E-state index contributed by atoms with van der Waals surface area (Å²) >= 11 is 0. The van der Waals surface area contributed by atoms with Gasteiger partial charge in [-0.05, 0) is 11.6 Å². The lowest BCUT2D eigenvalue weighted by Crippen LogP contribution is -2.20. The molecular weight excluding hydrogens is 280 g/mol. The lowest BCUT2D eigenvalue weighted by molar-refractivity contribution is -0.141. The van der Waals surface area contributed by atoms with Gasteiger partial charge in [-0.25, -0.2) is 18.4 Å². The van der Waals surface area contributed by atoms with Crippen molar-refractivity contribution < 1.29 is 17.9 Å². The predicted octanol–water partition coefficient (Wildman–Crippen LogP) is 0.994. The van der Waals surface area contributed by atoms with E-state index in [0.29, 0.717) is 0 Å². The van der Waals surface area contributed by atoms with Crippen molar-refractivity contribution in [1.82, 2.24) is 9.97 Å². The van der Waals surface area contributed by atoms with E-state index in [1.54, 1.807) is 24.3 Å². The Balaban J connectivity index is 1.95. The summed E-state index contributed by atoms with van der Waals surface area (Å²) in [7, 11) is -3.86. The van der Waals surface area contributed by atoms with Gasteiger partial charge in [-0.1, -0.05) is 30.3 Å². The van der Waals surface area contributed by atoms with Crippen LogP contribution in [0.3, 0.4) is 0 Å². The number of rotatable bonds is 5. The van der Waals surface area contributed by atoms with Gasteiger partial charge >= 0.3 is 5.97 Å². The fourth-order valence-electron chi connectivity index (χ4n) is 1.45. The third-order valence-corrected chi connectivity index (χ3v) is 3.75. The first kappa shape index (κ1) is 14.1. The topological polar surface area (TPSA) is 86.2 Å². The highest BCUT2D eigenvalue weighted by Crippen LogP contribution is 2.05. The molecule has 1 aromatic carbocycles. The Morgan fingerprint density at radius 3 is 2.35 bits per heavy atom. The second kappa shape index (κ2) is 6.25. The molecule has 104 valence electrons. The van der Waals surface area contributed by atoms with Crippen molar-refractivity contribution in [3.05, 3.63) is 54.4 Å². The lowest BCUT2D eigenvalue weighted by atomic mass is 10.2. The van der Waals surface area contributed by atoms with Crippen molar-refractivity contribution >= 4 is 15.8 Å². The Bertz CT molecular complexity index is 672. The standard InChI is InChI=1S/C13H12N2O4S/c16-12(19-9-11-5-2-1-3-6-11)10-20(17,18)13-14-7-4-8-15-13/h1-8H,9-10H2. The van der Waals surface area contributed by atoms with Crippen LogP contribution in [0.5, 0.6) is 0 Å². The summed E-state index contributed by atoms with van der Waals surface area (Å²) in [5.41, 5.74) is 0.786. The fraction of sp³-hybridized carbons (Fsp3) is 0.154. The Hall–Kier alpha value is -2.28. The Kier molecular flexibility index (Phi) is 4.41. The first-order valence-corrected chi connectivity index (χ1v) is 7.42. The van der Waals surface area contributed by atoms with E-state index in [9.17, 15) is 13.2 Å². The number of carbonyl (C=O) groups excluding carboxylic acids is 1. The highest BCUT2D eigenvalue weighted by molar-refractivity contribution is 7.91. The predicted molar refractivity (Wildman–Crippen MR) is 70.3 cm³/mol. The largest absolute Gasteiger partial charge is 0.460 e. The molecule has 0 fully saturated rings. The Morgan fingerprint density at radius 2 is 1.70 bits per heavy atom. The maximum absolute atomic E-state index is 11.8. The molecule has 0 saturated carbocycles. The van der Waals surface area contributed by atoms with Crippen LogP contribution < -0.4 is 0 Å². The summed E-state index contributed by atoms with van der Waals surface area (Å²) < 4.78 is 28.6. The molecule has 0 amide bonds. The number of hydrogen-bond donors (Lipinski definition) is 0. The number of benzene rings is 1. The van der Waals surface area contributed by atoms with Crippen LogP contribution in [-0.4, -0.2) is 30.1 Å². The summed E-state index contributed by atoms with van der Waals surface area (Å²) in [5.74, 6) is -1.61. The first-order valence-electron chi connectivity index (χ1n) is 5.77. The minimum absolute atomic E-state index is 0.0326. The average molecular weight is 292 g/mol. The van der Waals surface area contributed by atoms with Gasteiger partial charge in [0.2, 0.25) is 15.0 Å². The molecule has 7 heteroatoms. The van der Waals surface area contributed by atoms with E-state index in [1.165, 1.54) is 18.5 Å². The second-order valence-electron chi connectivity index (χ2n) is 3.94. The molecule has 1 aromatic heterocycles. The van der Waals surface area contributed by atoms with Crippen LogP contribution in [0.15, 0.2) is 53.9 Å². The maximum atomic E-state index is 11.8. The zero-order valence-corrected chi connectivity index (χ0v) is 11.3. The number of ether oxygens (including phenoxy) is 1. The van der Waals surface area contributed by atoms with Gasteiger partial charge in [-0.15, -0.1) is 0 Å². The van der Waals surface area contributed by atoms with E-state index in [0.717, 1.165) is 5.56 Å². The van der Waals surface area contributed by atoms with Gasteiger partial charge in [0, 0.05) is 12.4 Å². The van der Waals surface area contributed by atoms with E-state index < -0.39 is 21.6 Å². The first-order chi connectivity index (χ1) is 9.58. The van der Waals surface area contributed by atoms with Crippen molar-refractivity contribution in [3.8, 4) is 0 Å². The van der Waals surface area contributed by atoms with E-state index in [-0.39, 0.29) is 11.8 Å². The molecule has 0 radical (unpaired) electrons. The maximum Gasteiger partial charge on any atom is 0.322 e. The zero-order chi connectivity index (χ0) is 14.4. The Labute approximate surface area is 116 Å². The molecule has 6 nitrogen and oxygen atoms in total. The number of hydrogen-bond acceptors (Lipinski definition) is 6. The zero-order valence-electron chi connectivity index (χ0n) is 10.5. The summed E-state index contributed by atoms with van der Waals surface area (Å²) in [6, 6.07) is 10.5. The van der Waals surface area contributed by atoms with Gasteiger partial charge in [0.1, 0.15) is 6.61 Å². The van der Waals surface area contributed by atoms with Crippen LogP contribution >= 0.6 is 0 Å². The normalized spacial score (nSPS) is 11.0. The van der Waals surface area contributed by atoms with E-state index >= 15 is 0 Å². The fourth-order valence-corrected chi connectivity index (χ4v) is 2.41. The third-order valence-electron chi connectivity index (χ3n) is 2.37. The van der Waals surface area contributed by atoms with Crippen molar-refractivity contribution in [2.75, 3.05) is 5.75 Å². The van der Waals surface area contributed by atoms with Crippen molar-refractivity contribution in [2.45, 2.75) is 11.8 Å². The van der Waals surface area contributed by atoms with Crippen LogP contribution in [0.4, 0.5) is 0 Å². The SMILES string of the molecule is O=C(CS(=O)(=O)c1ncccn1)OCc1ccccc1. The van der Waals surface area contributed by atoms with Crippen molar-refractivity contribution in [2.24, 2.45) is 0 Å². The second-order valence-corrected chi connectivity index (χ2v) is 5.82.